The largest absolute Gasteiger partial charge is 0.496 e. The Morgan fingerprint density at radius 2 is 1.83 bits per heavy atom. The van der Waals surface area contributed by atoms with Crippen LogP contribution < -0.4 is 10.1 Å². The number of aromatic nitrogens is 1. The van der Waals surface area contributed by atoms with Crippen LogP contribution in [0.15, 0.2) is 60.8 Å². The van der Waals surface area contributed by atoms with Crippen LogP contribution in [0.3, 0.4) is 0 Å². The van der Waals surface area contributed by atoms with Crippen LogP contribution in [0.2, 0.25) is 0 Å². The van der Waals surface area contributed by atoms with Gasteiger partial charge in [0.05, 0.1) is 12.7 Å². The summed E-state index contributed by atoms with van der Waals surface area (Å²) in [6, 6.07) is 17.8. The Labute approximate surface area is 174 Å². The highest BCUT2D eigenvalue weighted by molar-refractivity contribution is 5.97. The minimum absolute atomic E-state index is 0.107. The van der Waals surface area contributed by atoms with Gasteiger partial charge in [-0.1, -0.05) is 56.7 Å². The van der Waals surface area contributed by atoms with Gasteiger partial charge in [0, 0.05) is 17.9 Å². The summed E-state index contributed by atoms with van der Waals surface area (Å²) in [4.78, 5) is 17.5. The van der Waals surface area contributed by atoms with E-state index >= 15 is 0 Å². The summed E-state index contributed by atoms with van der Waals surface area (Å²) in [5.41, 5.74) is 3.63. The molecule has 0 saturated heterocycles. The van der Waals surface area contributed by atoms with Crippen LogP contribution in [0.5, 0.6) is 5.75 Å². The molecule has 0 saturated carbocycles. The summed E-state index contributed by atoms with van der Waals surface area (Å²) >= 11 is 0. The SMILES string of the molecule is CCC[C@@H](CC)NC(=O)c1cc(Cc2ccc(C)nc2)ccccccc1OC. The van der Waals surface area contributed by atoms with E-state index in [1.807, 2.05) is 61.7 Å². The minimum atomic E-state index is -0.107. The van der Waals surface area contributed by atoms with E-state index in [9.17, 15) is 4.79 Å². The van der Waals surface area contributed by atoms with Crippen molar-refractivity contribution in [1.82, 2.24) is 10.3 Å². The number of amides is 1. The first-order chi connectivity index (χ1) is 14.1. The van der Waals surface area contributed by atoms with E-state index < -0.39 is 0 Å². The zero-order valence-electron chi connectivity index (χ0n) is 17.9. The van der Waals surface area contributed by atoms with E-state index in [0.717, 1.165) is 36.1 Å². The number of carbonyl (C=O) groups is 1. The summed E-state index contributed by atoms with van der Waals surface area (Å²) in [6.45, 7) is 6.20. The standard InChI is InChI=1S/C25H32N2O2/c1-5-11-22(6-2)27-25(28)23-17-20(16-21-15-14-19(3)26-18-21)12-9-7-8-10-13-24(23)29-4/h7-10,12-15,17-18,22H,5-6,11,16H2,1-4H3,(H,27,28)/t22-/m1/s1. The number of methoxy groups -OCH3 is 1. The molecule has 1 atom stereocenters. The smallest absolute Gasteiger partial charge is 0.255 e. The highest BCUT2D eigenvalue weighted by Crippen LogP contribution is 2.19. The third kappa shape index (κ3) is 7.22. The predicted octanol–water partition coefficient (Wildman–Crippen LogP) is 5.42. The van der Waals surface area contributed by atoms with Crippen molar-refractivity contribution in [2.75, 3.05) is 7.11 Å². The number of hydrogen-bond acceptors (Lipinski definition) is 3. The van der Waals surface area contributed by atoms with Crippen LogP contribution in [0.4, 0.5) is 0 Å². The van der Waals surface area contributed by atoms with Gasteiger partial charge >= 0.3 is 0 Å². The molecular formula is C25H32N2O2. The third-order valence-electron chi connectivity index (χ3n) is 4.80. The highest BCUT2D eigenvalue weighted by Gasteiger charge is 2.15. The van der Waals surface area contributed by atoms with E-state index in [-0.39, 0.29) is 11.9 Å². The first kappa shape index (κ1) is 22.4. The van der Waals surface area contributed by atoms with E-state index in [1.165, 1.54) is 0 Å². The summed E-state index contributed by atoms with van der Waals surface area (Å²) in [5, 5.41) is 3.17. The Balaban J connectivity index is 2.49. The maximum absolute atomic E-state index is 13.1. The molecule has 1 heterocycles. The molecule has 4 nitrogen and oxygen atoms in total. The Morgan fingerprint density at radius 3 is 2.45 bits per heavy atom. The highest BCUT2D eigenvalue weighted by atomic mass is 16.5. The number of rotatable bonds is 8. The molecule has 154 valence electrons. The molecule has 0 fully saturated rings. The van der Waals surface area contributed by atoms with E-state index in [4.69, 9.17) is 4.74 Å². The summed E-state index contributed by atoms with van der Waals surface area (Å²) in [7, 11) is 1.60. The van der Waals surface area contributed by atoms with Crippen molar-refractivity contribution < 1.29 is 9.53 Å². The van der Waals surface area contributed by atoms with Crippen molar-refractivity contribution in [2.45, 2.75) is 52.5 Å². The monoisotopic (exact) mass is 392 g/mol. The molecule has 1 N–H and O–H groups in total. The molecule has 2 rings (SSSR count). The molecule has 29 heavy (non-hydrogen) atoms. The lowest BCUT2D eigenvalue weighted by Gasteiger charge is -2.17. The number of nitrogens with one attached hydrogen (secondary N) is 1. The first-order valence-electron chi connectivity index (χ1n) is 10.3. The molecular weight excluding hydrogens is 360 g/mol. The molecule has 0 bridgehead atoms. The van der Waals surface area contributed by atoms with Gasteiger partial charge in [-0.3, -0.25) is 9.78 Å². The lowest BCUT2D eigenvalue weighted by Crippen LogP contribution is -2.34. The number of nitrogens with zero attached hydrogens (tertiary/aromatic N) is 1. The number of pyridine rings is 1. The normalized spacial score (nSPS) is 11.3. The maximum Gasteiger partial charge on any atom is 0.255 e. The van der Waals surface area contributed by atoms with E-state index in [2.05, 4.69) is 30.2 Å². The van der Waals surface area contributed by atoms with Gasteiger partial charge in [-0.15, -0.1) is 0 Å². The second-order valence-corrected chi connectivity index (χ2v) is 7.16. The van der Waals surface area contributed by atoms with Crippen LogP contribution in [0.25, 0.3) is 0 Å². The minimum Gasteiger partial charge on any atom is -0.496 e. The fraction of sp³-hybridized carbons (Fsp3) is 0.360. The van der Waals surface area contributed by atoms with Crippen LogP contribution >= 0.6 is 0 Å². The maximum atomic E-state index is 13.1. The lowest BCUT2D eigenvalue weighted by atomic mass is 10.0. The fourth-order valence-corrected chi connectivity index (χ4v) is 3.14. The number of aryl methyl sites for hydroxylation is 1. The molecule has 1 aromatic carbocycles. The summed E-state index contributed by atoms with van der Waals surface area (Å²) < 4.78 is 5.56. The van der Waals surface area contributed by atoms with Gasteiger partial charge in [-0.05, 0) is 55.5 Å². The average Bonchev–Trinajstić information content (AvgIpc) is 2.73. The van der Waals surface area contributed by atoms with Crippen LogP contribution in [-0.2, 0) is 6.42 Å². The van der Waals surface area contributed by atoms with Crippen molar-refractivity contribution in [2.24, 2.45) is 0 Å². The molecule has 1 amide bonds. The molecule has 2 aromatic rings. The topological polar surface area (TPSA) is 51.2 Å². The van der Waals surface area contributed by atoms with Gasteiger partial charge in [0.2, 0.25) is 0 Å². The Morgan fingerprint density at radius 1 is 1.07 bits per heavy atom. The van der Waals surface area contributed by atoms with Gasteiger partial charge in [0.25, 0.3) is 5.91 Å². The summed E-state index contributed by atoms with van der Waals surface area (Å²) in [6.07, 6.45) is 5.46. The second kappa shape index (κ2) is 11.8. The van der Waals surface area contributed by atoms with Crippen molar-refractivity contribution in [3.05, 3.63) is 83.2 Å². The molecule has 0 aliphatic carbocycles. The Kier molecular flexibility index (Phi) is 9.16. The Bertz CT molecular complexity index is 846. The number of hydrogen-bond donors (Lipinski definition) is 1. The Hall–Kier alpha value is -2.88. The van der Waals surface area contributed by atoms with Gasteiger partial charge < -0.3 is 10.1 Å². The first-order valence-corrected chi connectivity index (χ1v) is 10.3. The molecule has 0 spiro atoms. The number of carbonyl (C=O) groups excluding carboxylic acids is 1. The molecule has 0 aliphatic heterocycles. The van der Waals surface area contributed by atoms with Crippen molar-refractivity contribution in [1.29, 1.82) is 0 Å². The van der Waals surface area contributed by atoms with Gasteiger partial charge in [0.1, 0.15) is 5.75 Å². The lowest BCUT2D eigenvalue weighted by molar-refractivity contribution is 0.0930. The zero-order valence-corrected chi connectivity index (χ0v) is 17.9. The molecule has 0 aliphatic rings. The van der Waals surface area contributed by atoms with Gasteiger partial charge in [0.15, 0.2) is 0 Å². The van der Waals surface area contributed by atoms with Crippen molar-refractivity contribution in [3.63, 3.8) is 0 Å². The fourth-order valence-electron chi connectivity index (χ4n) is 3.14. The summed E-state index contributed by atoms with van der Waals surface area (Å²) in [5.74, 6) is 0.442. The van der Waals surface area contributed by atoms with Crippen LogP contribution in [-0.4, -0.2) is 24.0 Å². The predicted molar refractivity (Wildman–Crippen MR) is 119 cm³/mol. The molecule has 0 radical (unpaired) electrons. The van der Waals surface area contributed by atoms with Crippen LogP contribution in [0.1, 0.15) is 60.3 Å². The van der Waals surface area contributed by atoms with Crippen LogP contribution in [0, 0.1) is 6.92 Å². The van der Waals surface area contributed by atoms with E-state index in [0.29, 0.717) is 17.7 Å². The zero-order chi connectivity index (χ0) is 21.1. The van der Waals surface area contributed by atoms with Crippen molar-refractivity contribution in [3.8, 4) is 5.75 Å². The van der Waals surface area contributed by atoms with Crippen molar-refractivity contribution >= 4 is 5.91 Å². The molecule has 4 heteroatoms. The molecule has 0 unspecified atom stereocenters. The quantitative estimate of drug-likeness (QED) is 0.652. The number of ether oxygens (including phenoxy) is 1. The van der Waals surface area contributed by atoms with Gasteiger partial charge in [-0.2, -0.15) is 0 Å². The third-order valence-corrected chi connectivity index (χ3v) is 4.80. The van der Waals surface area contributed by atoms with Gasteiger partial charge in [-0.25, -0.2) is 0 Å². The molecule has 1 aromatic heterocycles. The van der Waals surface area contributed by atoms with E-state index in [1.54, 1.807) is 7.11 Å². The average molecular weight is 393 g/mol. The second-order valence-electron chi connectivity index (χ2n) is 7.16.